The van der Waals surface area contributed by atoms with Crippen molar-refractivity contribution in [2.75, 3.05) is 11.6 Å². The van der Waals surface area contributed by atoms with E-state index in [-0.39, 0.29) is 6.23 Å². The highest BCUT2D eigenvalue weighted by molar-refractivity contribution is 7.98. The molecule has 5 rings (SSSR count). The molecule has 0 spiro atoms. The largest absolute Gasteiger partial charge is 0.448 e. The maximum absolute atomic E-state index is 6.28. The van der Waals surface area contributed by atoms with Gasteiger partial charge in [0, 0.05) is 33.9 Å². The Morgan fingerprint density at radius 1 is 1.04 bits per heavy atom. The second kappa shape index (κ2) is 6.03. The van der Waals surface area contributed by atoms with Crippen LogP contribution in [0.4, 0.5) is 5.69 Å². The molecule has 0 saturated heterocycles. The van der Waals surface area contributed by atoms with E-state index in [9.17, 15) is 0 Å². The van der Waals surface area contributed by atoms with E-state index in [4.69, 9.17) is 4.74 Å². The molecular formula is C19H15N5OS. The molecule has 0 aliphatic carbocycles. The third-order valence-corrected chi connectivity index (χ3v) is 4.96. The van der Waals surface area contributed by atoms with Crippen LogP contribution in [-0.4, -0.2) is 26.4 Å². The van der Waals surface area contributed by atoms with Crippen LogP contribution in [0, 0.1) is 0 Å². The van der Waals surface area contributed by atoms with E-state index in [0.29, 0.717) is 16.7 Å². The van der Waals surface area contributed by atoms with Crippen molar-refractivity contribution < 1.29 is 4.74 Å². The summed E-state index contributed by atoms with van der Waals surface area (Å²) in [6.07, 6.45) is 3.50. The quantitative estimate of drug-likeness (QED) is 0.520. The van der Waals surface area contributed by atoms with Crippen LogP contribution in [0.25, 0.3) is 22.2 Å². The van der Waals surface area contributed by atoms with Crippen LogP contribution in [0.5, 0.6) is 5.88 Å². The maximum Gasteiger partial charge on any atom is 0.247 e. The molecule has 7 heteroatoms. The van der Waals surface area contributed by atoms with Crippen molar-refractivity contribution in [2.45, 2.75) is 11.4 Å². The number of ether oxygens (including phenoxy) is 1. The standard InChI is InChI=1S/C19H15N5OS/c1-26-19-22-18-16(23-24-19)12-7-3-5-9-15(12)21-17(25-18)13-10-20-14-8-4-2-6-11(13)14/h2-10,17,20-21H,1H3/t17-/m0/s1. The molecule has 1 atom stereocenters. The first-order valence-corrected chi connectivity index (χ1v) is 9.43. The van der Waals surface area contributed by atoms with Gasteiger partial charge in [-0.05, 0) is 18.4 Å². The minimum atomic E-state index is -0.389. The van der Waals surface area contributed by atoms with Crippen molar-refractivity contribution in [3.63, 3.8) is 0 Å². The summed E-state index contributed by atoms with van der Waals surface area (Å²) >= 11 is 1.44. The van der Waals surface area contributed by atoms with Gasteiger partial charge in [0.25, 0.3) is 0 Å². The number of hydrogen-bond donors (Lipinski definition) is 2. The number of H-pyrrole nitrogens is 1. The number of nitrogens with one attached hydrogen (secondary N) is 2. The van der Waals surface area contributed by atoms with Gasteiger partial charge in [0.15, 0.2) is 11.9 Å². The fourth-order valence-electron chi connectivity index (χ4n) is 3.19. The van der Waals surface area contributed by atoms with Gasteiger partial charge in [-0.2, -0.15) is 4.98 Å². The first-order chi connectivity index (χ1) is 12.8. The van der Waals surface area contributed by atoms with E-state index in [1.54, 1.807) is 0 Å². The Labute approximate surface area is 154 Å². The molecule has 0 unspecified atom stereocenters. The first kappa shape index (κ1) is 15.2. The molecule has 0 fully saturated rings. The van der Waals surface area contributed by atoms with Gasteiger partial charge in [-0.1, -0.05) is 48.2 Å². The Kier molecular flexibility index (Phi) is 3.53. The fourth-order valence-corrected chi connectivity index (χ4v) is 3.48. The number of anilines is 1. The summed E-state index contributed by atoms with van der Waals surface area (Å²) < 4.78 is 6.28. The van der Waals surface area contributed by atoms with Crippen LogP contribution in [0.2, 0.25) is 0 Å². The Morgan fingerprint density at radius 3 is 2.81 bits per heavy atom. The zero-order valence-corrected chi connectivity index (χ0v) is 14.7. The molecule has 0 bridgehead atoms. The van der Waals surface area contributed by atoms with Crippen LogP contribution < -0.4 is 10.1 Å². The van der Waals surface area contributed by atoms with E-state index in [1.807, 2.05) is 54.9 Å². The van der Waals surface area contributed by atoms with Gasteiger partial charge in [-0.15, -0.1) is 10.2 Å². The van der Waals surface area contributed by atoms with E-state index in [1.165, 1.54) is 11.8 Å². The van der Waals surface area contributed by atoms with Crippen molar-refractivity contribution in [3.05, 3.63) is 60.3 Å². The predicted molar refractivity (Wildman–Crippen MR) is 102 cm³/mol. The van der Waals surface area contributed by atoms with Crippen molar-refractivity contribution in [2.24, 2.45) is 0 Å². The van der Waals surface area contributed by atoms with Crippen molar-refractivity contribution in [1.82, 2.24) is 20.2 Å². The van der Waals surface area contributed by atoms with Gasteiger partial charge in [-0.3, -0.25) is 0 Å². The SMILES string of the molecule is CSc1nnc2c(n1)O[C@@H](c1c[nH]c3ccccc13)Nc1ccccc1-2. The van der Waals surface area contributed by atoms with Crippen LogP contribution in [0.3, 0.4) is 0 Å². The van der Waals surface area contributed by atoms with Gasteiger partial charge in [0.2, 0.25) is 11.0 Å². The summed E-state index contributed by atoms with van der Waals surface area (Å²) in [5, 5.41) is 13.7. The van der Waals surface area contributed by atoms with E-state index < -0.39 is 0 Å². The Balaban J connectivity index is 1.70. The summed E-state index contributed by atoms with van der Waals surface area (Å²) in [4.78, 5) is 7.85. The molecular weight excluding hydrogens is 346 g/mol. The van der Waals surface area contributed by atoms with E-state index in [2.05, 4.69) is 31.5 Å². The molecule has 26 heavy (non-hydrogen) atoms. The van der Waals surface area contributed by atoms with Crippen LogP contribution in [0.1, 0.15) is 11.8 Å². The lowest BCUT2D eigenvalue weighted by atomic mass is 10.1. The third kappa shape index (κ3) is 2.40. The zero-order valence-electron chi connectivity index (χ0n) is 13.9. The predicted octanol–water partition coefficient (Wildman–Crippen LogP) is 4.24. The summed E-state index contributed by atoms with van der Waals surface area (Å²) in [7, 11) is 0. The summed E-state index contributed by atoms with van der Waals surface area (Å²) in [5.74, 6) is 0.483. The first-order valence-electron chi connectivity index (χ1n) is 8.21. The smallest absolute Gasteiger partial charge is 0.247 e. The second-order valence-corrected chi connectivity index (χ2v) is 6.70. The number of aromatic nitrogens is 4. The maximum atomic E-state index is 6.28. The Bertz CT molecular complexity index is 1110. The number of para-hydroxylation sites is 2. The molecule has 0 radical (unpaired) electrons. The molecule has 2 aromatic carbocycles. The minimum absolute atomic E-state index is 0.389. The summed E-state index contributed by atoms with van der Waals surface area (Å²) in [5.41, 5.74) is 4.60. The van der Waals surface area contributed by atoms with Gasteiger partial charge in [0.1, 0.15) is 0 Å². The number of thioether (sulfide) groups is 1. The second-order valence-electron chi connectivity index (χ2n) is 5.93. The van der Waals surface area contributed by atoms with Crippen LogP contribution in [-0.2, 0) is 0 Å². The average Bonchev–Trinajstić information content (AvgIpc) is 3.04. The fraction of sp³-hybridized carbons (Fsp3) is 0.105. The van der Waals surface area contributed by atoms with Crippen molar-refractivity contribution in [1.29, 1.82) is 0 Å². The monoisotopic (exact) mass is 361 g/mol. The van der Waals surface area contributed by atoms with Crippen molar-refractivity contribution >= 4 is 28.4 Å². The number of nitrogens with zero attached hydrogens (tertiary/aromatic N) is 3. The lowest BCUT2D eigenvalue weighted by Gasteiger charge is -2.18. The highest BCUT2D eigenvalue weighted by Crippen LogP contribution is 2.40. The number of hydrogen-bond acceptors (Lipinski definition) is 6. The molecule has 6 nitrogen and oxygen atoms in total. The lowest BCUT2D eigenvalue weighted by Crippen LogP contribution is -2.16. The highest BCUT2D eigenvalue weighted by atomic mass is 32.2. The van der Waals surface area contributed by atoms with Crippen LogP contribution in [0.15, 0.2) is 59.9 Å². The number of aromatic amines is 1. The zero-order chi connectivity index (χ0) is 17.5. The molecule has 1 aliphatic rings. The average molecular weight is 361 g/mol. The lowest BCUT2D eigenvalue weighted by molar-refractivity contribution is 0.226. The summed E-state index contributed by atoms with van der Waals surface area (Å²) in [6, 6.07) is 16.1. The summed E-state index contributed by atoms with van der Waals surface area (Å²) in [6.45, 7) is 0. The topological polar surface area (TPSA) is 75.7 Å². The van der Waals surface area contributed by atoms with Gasteiger partial charge in [0.05, 0.1) is 0 Å². The van der Waals surface area contributed by atoms with Crippen molar-refractivity contribution in [3.8, 4) is 17.1 Å². The minimum Gasteiger partial charge on any atom is -0.448 e. The molecule has 2 aromatic heterocycles. The molecule has 4 aromatic rings. The molecule has 3 heterocycles. The normalized spacial score (nSPS) is 15.5. The Hall–Kier alpha value is -3.06. The van der Waals surface area contributed by atoms with Gasteiger partial charge in [-0.25, -0.2) is 0 Å². The van der Waals surface area contributed by atoms with E-state index >= 15 is 0 Å². The van der Waals surface area contributed by atoms with E-state index in [0.717, 1.165) is 27.7 Å². The van der Waals surface area contributed by atoms with Gasteiger partial charge >= 0.3 is 0 Å². The highest BCUT2D eigenvalue weighted by Gasteiger charge is 2.27. The molecule has 2 N–H and O–H groups in total. The number of rotatable bonds is 2. The van der Waals surface area contributed by atoms with Gasteiger partial charge < -0.3 is 15.0 Å². The molecule has 128 valence electrons. The third-order valence-electron chi connectivity index (χ3n) is 4.42. The molecule has 0 amide bonds. The molecule has 0 saturated carbocycles. The number of benzene rings is 2. The molecule has 1 aliphatic heterocycles. The van der Waals surface area contributed by atoms with Crippen LogP contribution >= 0.6 is 11.8 Å². The number of fused-ring (bicyclic) bond motifs is 4. The Morgan fingerprint density at radius 2 is 1.88 bits per heavy atom.